The molecule has 2 nitrogen and oxygen atoms in total. The molecule has 88 valence electrons. The highest BCUT2D eigenvalue weighted by molar-refractivity contribution is 6.32. The smallest absolute Gasteiger partial charge is 0.404 e. The fourth-order valence-corrected chi connectivity index (χ4v) is 1.78. The molecule has 1 aliphatic rings. The molecule has 0 bridgehead atoms. The summed E-state index contributed by atoms with van der Waals surface area (Å²) < 4.78 is 39.6. The number of alkyl halides is 3. The predicted molar refractivity (Wildman–Crippen MR) is 53.5 cm³/mol. The van der Waals surface area contributed by atoms with Crippen molar-refractivity contribution in [1.29, 1.82) is 0 Å². The van der Waals surface area contributed by atoms with E-state index in [9.17, 15) is 13.2 Å². The van der Waals surface area contributed by atoms with Crippen LogP contribution in [0.4, 0.5) is 13.2 Å². The van der Waals surface area contributed by atoms with Crippen LogP contribution in [0.15, 0.2) is 18.2 Å². The van der Waals surface area contributed by atoms with Crippen molar-refractivity contribution < 1.29 is 17.9 Å². The zero-order valence-corrected chi connectivity index (χ0v) is 8.85. The van der Waals surface area contributed by atoms with Crippen molar-refractivity contribution in [2.45, 2.75) is 24.7 Å². The van der Waals surface area contributed by atoms with Crippen molar-refractivity contribution in [3.63, 3.8) is 0 Å². The first-order valence-corrected chi connectivity index (χ1v) is 5.05. The van der Waals surface area contributed by atoms with Gasteiger partial charge in [0.15, 0.2) is 0 Å². The van der Waals surface area contributed by atoms with E-state index in [1.807, 2.05) is 0 Å². The summed E-state index contributed by atoms with van der Waals surface area (Å²) in [5, 5.41) is -0.0473. The third-order valence-electron chi connectivity index (χ3n) is 2.45. The van der Waals surface area contributed by atoms with Gasteiger partial charge in [0.1, 0.15) is 5.75 Å². The van der Waals surface area contributed by atoms with Crippen molar-refractivity contribution >= 4 is 11.6 Å². The summed E-state index contributed by atoms with van der Waals surface area (Å²) in [4.78, 5) is 0. The molecular weight excluding hydrogens is 243 g/mol. The maximum atomic E-state index is 12.0. The molecule has 0 radical (unpaired) electrons. The molecule has 0 aromatic heterocycles. The fourth-order valence-electron chi connectivity index (χ4n) is 1.55. The van der Waals surface area contributed by atoms with Crippen LogP contribution in [-0.4, -0.2) is 12.4 Å². The SMILES string of the molecule is N[C@@H]1C[C@H]1c1ccc(OC(F)(F)F)c(Cl)c1. The maximum absolute atomic E-state index is 12.0. The molecule has 0 unspecified atom stereocenters. The van der Waals surface area contributed by atoms with Gasteiger partial charge in [0, 0.05) is 12.0 Å². The summed E-state index contributed by atoms with van der Waals surface area (Å²) in [7, 11) is 0. The minimum Gasteiger partial charge on any atom is -0.404 e. The standard InChI is InChI=1S/C10H9ClF3NO/c11-7-3-5(6-4-8(6)15)1-2-9(7)16-10(12,13)14/h1-3,6,8H,4,15H2/t6-,8+/m0/s1. The van der Waals surface area contributed by atoms with Gasteiger partial charge in [0.05, 0.1) is 5.02 Å². The van der Waals surface area contributed by atoms with Crippen molar-refractivity contribution in [2.75, 3.05) is 0 Å². The van der Waals surface area contributed by atoms with Gasteiger partial charge in [0.2, 0.25) is 0 Å². The third kappa shape index (κ3) is 2.59. The lowest BCUT2D eigenvalue weighted by Gasteiger charge is -2.11. The Balaban J connectivity index is 2.17. The van der Waals surface area contributed by atoms with E-state index in [1.54, 1.807) is 6.07 Å². The van der Waals surface area contributed by atoms with E-state index in [0.717, 1.165) is 12.0 Å². The third-order valence-corrected chi connectivity index (χ3v) is 2.74. The molecule has 0 spiro atoms. The summed E-state index contributed by atoms with van der Waals surface area (Å²) in [6.45, 7) is 0. The van der Waals surface area contributed by atoms with Gasteiger partial charge >= 0.3 is 6.36 Å². The fraction of sp³-hybridized carbons (Fsp3) is 0.400. The Bertz CT molecular complexity index is 408. The molecule has 0 amide bonds. The average Bonchev–Trinajstić information content (AvgIpc) is 2.84. The van der Waals surface area contributed by atoms with E-state index >= 15 is 0 Å². The average molecular weight is 252 g/mol. The highest BCUT2D eigenvalue weighted by atomic mass is 35.5. The van der Waals surface area contributed by atoms with E-state index in [-0.39, 0.29) is 22.7 Å². The van der Waals surface area contributed by atoms with Gasteiger partial charge in [-0.05, 0) is 24.1 Å². The van der Waals surface area contributed by atoms with Gasteiger partial charge < -0.3 is 10.5 Å². The molecule has 1 aromatic rings. The Labute approximate surface area is 95.1 Å². The molecular formula is C10H9ClF3NO. The Hall–Kier alpha value is -0.940. The van der Waals surface area contributed by atoms with Gasteiger partial charge in [-0.1, -0.05) is 17.7 Å². The zero-order chi connectivity index (χ0) is 11.9. The number of rotatable bonds is 2. The van der Waals surface area contributed by atoms with Crippen molar-refractivity contribution in [3.05, 3.63) is 28.8 Å². The largest absolute Gasteiger partial charge is 0.573 e. The number of hydrogen-bond acceptors (Lipinski definition) is 2. The quantitative estimate of drug-likeness (QED) is 0.877. The monoisotopic (exact) mass is 251 g/mol. The summed E-state index contributed by atoms with van der Waals surface area (Å²) in [6.07, 6.45) is -3.88. The van der Waals surface area contributed by atoms with Gasteiger partial charge in [0.25, 0.3) is 0 Å². The van der Waals surface area contributed by atoms with E-state index in [2.05, 4.69) is 4.74 Å². The molecule has 1 aliphatic carbocycles. The number of ether oxygens (including phenoxy) is 1. The second kappa shape index (κ2) is 3.82. The molecule has 0 heterocycles. The molecule has 0 saturated heterocycles. The highest BCUT2D eigenvalue weighted by Gasteiger charge is 2.36. The second-order valence-corrected chi connectivity index (χ2v) is 4.15. The Morgan fingerprint density at radius 2 is 2.00 bits per heavy atom. The first kappa shape index (κ1) is 11.5. The number of hydrogen-bond donors (Lipinski definition) is 1. The Kier molecular flexibility index (Phi) is 2.75. The number of benzene rings is 1. The van der Waals surface area contributed by atoms with Crippen molar-refractivity contribution in [2.24, 2.45) is 5.73 Å². The van der Waals surface area contributed by atoms with E-state index in [0.29, 0.717) is 0 Å². The van der Waals surface area contributed by atoms with E-state index in [1.165, 1.54) is 12.1 Å². The van der Waals surface area contributed by atoms with Gasteiger partial charge in [-0.25, -0.2) is 0 Å². The molecule has 6 heteroatoms. The van der Waals surface area contributed by atoms with Crippen LogP contribution in [0, 0.1) is 0 Å². The van der Waals surface area contributed by atoms with Gasteiger partial charge in [-0.15, -0.1) is 13.2 Å². The van der Waals surface area contributed by atoms with Crippen LogP contribution in [0.1, 0.15) is 17.9 Å². The minimum absolute atomic E-state index is 0.0473. The number of halogens is 4. The lowest BCUT2D eigenvalue weighted by atomic mass is 10.1. The minimum atomic E-state index is -4.72. The molecule has 16 heavy (non-hydrogen) atoms. The normalized spacial score (nSPS) is 24.3. The topological polar surface area (TPSA) is 35.2 Å². The van der Waals surface area contributed by atoms with Crippen LogP contribution in [0.25, 0.3) is 0 Å². The predicted octanol–water partition coefficient (Wildman–Crippen LogP) is 3.05. The van der Waals surface area contributed by atoms with Crippen LogP contribution < -0.4 is 10.5 Å². The van der Waals surface area contributed by atoms with Crippen LogP contribution in [0.5, 0.6) is 5.75 Å². The summed E-state index contributed by atoms with van der Waals surface area (Å²) in [5.74, 6) is -0.176. The van der Waals surface area contributed by atoms with Gasteiger partial charge in [-0.2, -0.15) is 0 Å². The van der Waals surface area contributed by atoms with E-state index in [4.69, 9.17) is 17.3 Å². The molecule has 1 saturated carbocycles. The lowest BCUT2D eigenvalue weighted by Crippen LogP contribution is -2.17. The van der Waals surface area contributed by atoms with Crippen LogP contribution >= 0.6 is 11.6 Å². The zero-order valence-electron chi connectivity index (χ0n) is 8.09. The molecule has 0 aliphatic heterocycles. The highest BCUT2D eigenvalue weighted by Crippen LogP contribution is 2.41. The van der Waals surface area contributed by atoms with Crippen LogP contribution in [0.3, 0.4) is 0 Å². The summed E-state index contributed by atoms with van der Waals surface area (Å²) in [5.41, 5.74) is 6.49. The van der Waals surface area contributed by atoms with Crippen molar-refractivity contribution in [3.8, 4) is 5.75 Å². The summed E-state index contributed by atoms with van der Waals surface area (Å²) >= 11 is 5.69. The molecule has 2 rings (SSSR count). The van der Waals surface area contributed by atoms with Crippen molar-refractivity contribution in [1.82, 2.24) is 0 Å². The molecule has 2 N–H and O–H groups in total. The second-order valence-electron chi connectivity index (χ2n) is 3.74. The molecule has 1 fully saturated rings. The molecule has 1 aromatic carbocycles. The molecule has 2 atom stereocenters. The Morgan fingerprint density at radius 3 is 2.44 bits per heavy atom. The maximum Gasteiger partial charge on any atom is 0.573 e. The van der Waals surface area contributed by atoms with Crippen LogP contribution in [-0.2, 0) is 0 Å². The lowest BCUT2D eigenvalue weighted by molar-refractivity contribution is -0.274. The van der Waals surface area contributed by atoms with E-state index < -0.39 is 6.36 Å². The number of nitrogens with two attached hydrogens (primary N) is 1. The van der Waals surface area contributed by atoms with Gasteiger partial charge in [-0.3, -0.25) is 0 Å². The first-order chi connectivity index (χ1) is 7.37. The Morgan fingerprint density at radius 1 is 1.38 bits per heavy atom. The van der Waals surface area contributed by atoms with Crippen LogP contribution in [0.2, 0.25) is 5.02 Å². The first-order valence-electron chi connectivity index (χ1n) is 4.67. The summed E-state index contributed by atoms with van der Waals surface area (Å²) in [6, 6.07) is 4.34.